The summed E-state index contributed by atoms with van der Waals surface area (Å²) < 4.78 is 0. The third-order valence-corrected chi connectivity index (χ3v) is 4.67. The maximum atomic E-state index is 6.01. The molecule has 0 N–H and O–H groups in total. The molecule has 0 unspecified atom stereocenters. The molecule has 1 fully saturated rings. The number of pyridine rings is 1. The van der Waals surface area contributed by atoms with Crippen molar-refractivity contribution in [3.63, 3.8) is 0 Å². The molecule has 0 amide bonds. The number of aromatic nitrogens is 1. The van der Waals surface area contributed by atoms with E-state index in [1.54, 1.807) is 0 Å². The monoisotopic (exact) mass is 300 g/mol. The second-order valence-corrected chi connectivity index (χ2v) is 6.04. The average Bonchev–Trinajstić information content (AvgIpc) is 2.37. The number of hydrogen-bond donors (Lipinski definition) is 0. The highest BCUT2D eigenvalue weighted by Gasteiger charge is 2.35. The Morgan fingerprint density at radius 3 is 3.00 bits per heavy atom. The first-order chi connectivity index (χ1) is 8.78. The van der Waals surface area contributed by atoms with E-state index in [2.05, 4.69) is 22.9 Å². The Hall–Kier alpha value is -0.310. The molecule has 2 heterocycles. The third kappa shape index (κ3) is 3.07. The first-order valence-corrected chi connectivity index (χ1v) is 7.54. The molecule has 0 aromatic carbocycles. The summed E-state index contributed by atoms with van der Waals surface area (Å²) in [6, 6.07) is 4.86. The van der Waals surface area contributed by atoms with Crippen molar-refractivity contribution in [1.29, 1.82) is 0 Å². The largest absolute Gasteiger partial charge is 0.300 e. The Morgan fingerprint density at radius 1 is 1.37 bits per heavy atom. The zero-order valence-electron chi connectivity index (χ0n) is 11.4. The van der Waals surface area contributed by atoms with E-state index < -0.39 is 0 Å². The highest BCUT2D eigenvalue weighted by molar-refractivity contribution is 6.29. The lowest BCUT2D eigenvalue weighted by Crippen LogP contribution is -2.49. The van der Waals surface area contributed by atoms with E-state index >= 15 is 0 Å². The lowest BCUT2D eigenvalue weighted by molar-refractivity contribution is 0.0846. The van der Waals surface area contributed by atoms with Crippen LogP contribution in [0.4, 0.5) is 0 Å². The standard InChI is InChI=1S/C15H21ClN2.ClH/c1-2-7-18-8-3-4-12-9-13-11(10-14(12)18)5-6-15(16)17-13;/h5-6,12,14H,2-4,7-10H2,1H3;1H/t12-,14-;/m1./s1. The van der Waals surface area contributed by atoms with Gasteiger partial charge in [0.1, 0.15) is 5.15 Å². The van der Waals surface area contributed by atoms with Crippen LogP contribution in [0.5, 0.6) is 0 Å². The van der Waals surface area contributed by atoms with E-state index in [-0.39, 0.29) is 12.4 Å². The van der Waals surface area contributed by atoms with Crippen molar-refractivity contribution in [2.75, 3.05) is 13.1 Å². The summed E-state index contributed by atoms with van der Waals surface area (Å²) in [5.74, 6) is 0.795. The Balaban J connectivity index is 0.00000133. The number of halogens is 2. The van der Waals surface area contributed by atoms with E-state index in [0.717, 1.165) is 18.4 Å². The maximum Gasteiger partial charge on any atom is 0.129 e. The third-order valence-electron chi connectivity index (χ3n) is 4.46. The molecule has 1 aliphatic heterocycles. The van der Waals surface area contributed by atoms with Gasteiger partial charge < -0.3 is 0 Å². The van der Waals surface area contributed by atoms with Crippen molar-refractivity contribution in [1.82, 2.24) is 9.88 Å². The van der Waals surface area contributed by atoms with Gasteiger partial charge in [0, 0.05) is 11.7 Å². The van der Waals surface area contributed by atoms with Crippen LogP contribution in [0.3, 0.4) is 0 Å². The molecule has 0 spiro atoms. The fraction of sp³-hybridized carbons (Fsp3) is 0.667. The molecule has 4 heteroatoms. The smallest absolute Gasteiger partial charge is 0.129 e. The maximum absolute atomic E-state index is 6.01. The van der Waals surface area contributed by atoms with Gasteiger partial charge in [-0.1, -0.05) is 24.6 Å². The molecule has 0 saturated carbocycles. The zero-order chi connectivity index (χ0) is 12.5. The Bertz CT molecular complexity index is 434. The zero-order valence-corrected chi connectivity index (χ0v) is 13.0. The number of likely N-dealkylation sites (tertiary alicyclic amines) is 1. The topological polar surface area (TPSA) is 16.1 Å². The van der Waals surface area contributed by atoms with Crippen LogP contribution in [-0.4, -0.2) is 29.0 Å². The Kier molecular flexibility index (Phi) is 5.10. The van der Waals surface area contributed by atoms with Gasteiger partial charge >= 0.3 is 0 Å². The lowest BCUT2D eigenvalue weighted by Gasteiger charge is -2.44. The minimum absolute atomic E-state index is 0. The fourth-order valence-corrected chi connectivity index (χ4v) is 3.82. The van der Waals surface area contributed by atoms with Gasteiger partial charge in [-0.2, -0.15) is 0 Å². The molecule has 0 radical (unpaired) electrons. The minimum atomic E-state index is 0. The van der Waals surface area contributed by atoms with E-state index in [1.165, 1.54) is 50.0 Å². The second kappa shape index (κ2) is 6.43. The SMILES string of the molecule is CCCN1CCC[C@@H]2Cc3nc(Cl)ccc3C[C@H]21.Cl. The first-order valence-electron chi connectivity index (χ1n) is 7.16. The molecule has 1 aliphatic carbocycles. The summed E-state index contributed by atoms with van der Waals surface area (Å²) in [6.45, 7) is 4.81. The van der Waals surface area contributed by atoms with Crippen LogP contribution in [0, 0.1) is 5.92 Å². The number of fused-ring (bicyclic) bond motifs is 2. The average molecular weight is 301 g/mol. The van der Waals surface area contributed by atoms with Crippen LogP contribution in [0.1, 0.15) is 37.4 Å². The van der Waals surface area contributed by atoms with Crippen LogP contribution in [0.15, 0.2) is 12.1 Å². The molecular formula is C15H22Cl2N2. The number of piperidine rings is 1. The number of rotatable bonds is 2. The highest BCUT2D eigenvalue weighted by Crippen LogP contribution is 2.34. The molecule has 2 atom stereocenters. The van der Waals surface area contributed by atoms with Crippen LogP contribution in [0.25, 0.3) is 0 Å². The summed E-state index contributed by atoms with van der Waals surface area (Å²) in [5, 5.41) is 0.647. The van der Waals surface area contributed by atoms with Gasteiger partial charge in [0.05, 0.1) is 0 Å². The molecule has 0 bridgehead atoms. The van der Waals surface area contributed by atoms with E-state index in [0.29, 0.717) is 5.15 Å². The summed E-state index contributed by atoms with van der Waals surface area (Å²) in [5.41, 5.74) is 2.67. The van der Waals surface area contributed by atoms with Gasteiger partial charge in [-0.05, 0) is 62.7 Å². The lowest BCUT2D eigenvalue weighted by atomic mass is 9.77. The normalized spacial score (nSPS) is 26.2. The molecule has 1 aromatic rings. The van der Waals surface area contributed by atoms with Gasteiger partial charge in [0.25, 0.3) is 0 Å². The van der Waals surface area contributed by atoms with Crippen molar-refractivity contribution in [2.45, 2.75) is 45.1 Å². The minimum Gasteiger partial charge on any atom is -0.300 e. The van der Waals surface area contributed by atoms with Gasteiger partial charge in [-0.25, -0.2) is 4.98 Å². The predicted octanol–water partition coefficient (Wildman–Crippen LogP) is 3.75. The van der Waals surface area contributed by atoms with Crippen molar-refractivity contribution in [3.05, 3.63) is 28.5 Å². The van der Waals surface area contributed by atoms with Crippen molar-refractivity contribution in [2.24, 2.45) is 5.92 Å². The molecule has 1 aromatic heterocycles. The Labute approximate surface area is 127 Å². The summed E-state index contributed by atoms with van der Waals surface area (Å²) in [6.07, 6.45) is 6.26. The molecule has 106 valence electrons. The van der Waals surface area contributed by atoms with E-state index in [1.807, 2.05) is 6.07 Å². The fourth-order valence-electron chi connectivity index (χ4n) is 3.65. The molecule has 19 heavy (non-hydrogen) atoms. The predicted molar refractivity (Wildman–Crippen MR) is 82.3 cm³/mol. The second-order valence-electron chi connectivity index (χ2n) is 5.65. The molecule has 1 saturated heterocycles. The first kappa shape index (κ1) is 15.1. The van der Waals surface area contributed by atoms with Gasteiger partial charge in [0.2, 0.25) is 0 Å². The van der Waals surface area contributed by atoms with Gasteiger partial charge in [0.15, 0.2) is 0 Å². The summed E-state index contributed by atoms with van der Waals surface area (Å²) in [7, 11) is 0. The highest BCUT2D eigenvalue weighted by atomic mass is 35.5. The van der Waals surface area contributed by atoms with Gasteiger partial charge in [-0.3, -0.25) is 4.90 Å². The van der Waals surface area contributed by atoms with Crippen LogP contribution in [-0.2, 0) is 12.8 Å². The van der Waals surface area contributed by atoms with E-state index in [9.17, 15) is 0 Å². The van der Waals surface area contributed by atoms with Crippen LogP contribution in [0.2, 0.25) is 5.15 Å². The number of nitrogens with zero attached hydrogens (tertiary/aromatic N) is 2. The quantitative estimate of drug-likeness (QED) is 0.774. The molecule has 2 nitrogen and oxygen atoms in total. The summed E-state index contributed by atoms with van der Waals surface area (Å²) in [4.78, 5) is 7.22. The van der Waals surface area contributed by atoms with Gasteiger partial charge in [-0.15, -0.1) is 12.4 Å². The Morgan fingerprint density at radius 2 is 2.21 bits per heavy atom. The van der Waals surface area contributed by atoms with Crippen molar-refractivity contribution >= 4 is 24.0 Å². The summed E-state index contributed by atoms with van der Waals surface area (Å²) >= 11 is 6.01. The van der Waals surface area contributed by atoms with Crippen molar-refractivity contribution < 1.29 is 0 Å². The van der Waals surface area contributed by atoms with E-state index in [4.69, 9.17) is 11.6 Å². The molecule has 2 aliphatic rings. The molecule has 3 rings (SSSR count). The van der Waals surface area contributed by atoms with Crippen LogP contribution < -0.4 is 0 Å². The van der Waals surface area contributed by atoms with Crippen LogP contribution >= 0.6 is 24.0 Å². The number of hydrogen-bond acceptors (Lipinski definition) is 2. The van der Waals surface area contributed by atoms with Crippen molar-refractivity contribution in [3.8, 4) is 0 Å². The molecular weight excluding hydrogens is 279 g/mol.